The Hall–Kier alpha value is -2.96. The summed E-state index contributed by atoms with van der Waals surface area (Å²) in [7, 11) is 0. The average molecular weight is 380 g/mol. The predicted molar refractivity (Wildman–Crippen MR) is 104 cm³/mol. The quantitative estimate of drug-likeness (QED) is 0.812. The molecule has 1 aliphatic carbocycles. The van der Waals surface area contributed by atoms with Gasteiger partial charge in [0.05, 0.1) is 5.69 Å². The van der Waals surface area contributed by atoms with Gasteiger partial charge in [-0.05, 0) is 31.0 Å². The van der Waals surface area contributed by atoms with Crippen LogP contribution >= 0.6 is 0 Å². The molecule has 1 saturated carbocycles. The molecule has 2 aliphatic rings. The standard InChI is InChI=1S/C21H24N4O3/c26-19-11-10-18(22-25(19)17-8-2-1-3-9-17)21(28)24-14-12-23(13-15-24)20(27)16-6-4-5-7-16/h1-3,8-11,16H,4-7,12-15H2. The summed E-state index contributed by atoms with van der Waals surface area (Å²) in [6, 6.07) is 11.9. The predicted octanol–water partition coefficient (Wildman–Crippen LogP) is 1.71. The highest BCUT2D eigenvalue weighted by Crippen LogP contribution is 2.27. The van der Waals surface area contributed by atoms with E-state index in [0.717, 1.165) is 25.7 Å². The van der Waals surface area contributed by atoms with E-state index in [1.165, 1.54) is 16.8 Å². The van der Waals surface area contributed by atoms with Crippen molar-refractivity contribution in [3.63, 3.8) is 0 Å². The van der Waals surface area contributed by atoms with E-state index < -0.39 is 0 Å². The maximum absolute atomic E-state index is 12.9. The summed E-state index contributed by atoms with van der Waals surface area (Å²) < 4.78 is 1.24. The number of amides is 2. The van der Waals surface area contributed by atoms with Gasteiger partial charge in [0.1, 0.15) is 5.69 Å². The second kappa shape index (κ2) is 7.96. The minimum atomic E-state index is -0.283. The van der Waals surface area contributed by atoms with Crippen molar-refractivity contribution < 1.29 is 9.59 Å². The highest BCUT2D eigenvalue weighted by atomic mass is 16.2. The summed E-state index contributed by atoms with van der Waals surface area (Å²) in [5, 5.41) is 4.27. The molecule has 2 aromatic rings. The fourth-order valence-electron chi connectivity index (χ4n) is 4.00. The summed E-state index contributed by atoms with van der Waals surface area (Å²) in [4.78, 5) is 41.2. The van der Waals surface area contributed by atoms with Crippen LogP contribution in [0.4, 0.5) is 0 Å². The summed E-state index contributed by atoms with van der Waals surface area (Å²) in [6.45, 7) is 2.09. The van der Waals surface area contributed by atoms with Gasteiger partial charge in [-0.15, -0.1) is 0 Å². The third-order valence-corrected chi connectivity index (χ3v) is 5.60. The Bertz CT molecular complexity index is 911. The van der Waals surface area contributed by atoms with E-state index in [1.54, 1.807) is 17.0 Å². The van der Waals surface area contributed by atoms with E-state index >= 15 is 0 Å². The van der Waals surface area contributed by atoms with Crippen molar-refractivity contribution in [2.45, 2.75) is 25.7 Å². The Morgan fingerprint density at radius 1 is 0.857 bits per heavy atom. The van der Waals surface area contributed by atoms with Gasteiger partial charge in [0, 0.05) is 38.2 Å². The van der Waals surface area contributed by atoms with Crippen molar-refractivity contribution >= 4 is 11.8 Å². The molecule has 0 spiro atoms. The van der Waals surface area contributed by atoms with Gasteiger partial charge in [-0.3, -0.25) is 14.4 Å². The second-order valence-corrected chi connectivity index (χ2v) is 7.40. The number of nitrogens with zero attached hydrogens (tertiary/aromatic N) is 4. The van der Waals surface area contributed by atoms with Crippen LogP contribution in [0.2, 0.25) is 0 Å². The molecular formula is C21H24N4O3. The molecule has 2 heterocycles. The van der Waals surface area contributed by atoms with Gasteiger partial charge in [-0.2, -0.15) is 9.78 Å². The van der Waals surface area contributed by atoms with E-state index in [2.05, 4.69) is 5.10 Å². The molecule has 7 heteroatoms. The van der Waals surface area contributed by atoms with E-state index in [-0.39, 0.29) is 29.0 Å². The molecular weight excluding hydrogens is 356 g/mol. The van der Waals surface area contributed by atoms with E-state index in [9.17, 15) is 14.4 Å². The average Bonchev–Trinajstić information content (AvgIpc) is 3.29. The Morgan fingerprint density at radius 3 is 2.18 bits per heavy atom. The van der Waals surface area contributed by atoms with Gasteiger partial charge < -0.3 is 9.80 Å². The Morgan fingerprint density at radius 2 is 1.50 bits per heavy atom. The normalized spacial score (nSPS) is 17.7. The molecule has 0 N–H and O–H groups in total. The van der Waals surface area contributed by atoms with E-state index in [4.69, 9.17) is 0 Å². The first kappa shape index (κ1) is 18.4. The van der Waals surface area contributed by atoms with Crippen LogP contribution < -0.4 is 5.56 Å². The van der Waals surface area contributed by atoms with Crippen molar-refractivity contribution in [2.75, 3.05) is 26.2 Å². The number of para-hydroxylation sites is 1. The third kappa shape index (κ3) is 3.69. The van der Waals surface area contributed by atoms with Crippen LogP contribution in [0.1, 0.15) is 36.2 Å². The molecule has 4 rings (SSSR count). The number of benzene rings is 1. The number of rotatable bonds is 3. The lowest BCUT2D eigenvalue weighted by molar-refractivity contribution is -0.136. The zero-order valence-corrected chi connectivity index (χ0v) is 15.8. The van der Waals surface area contributed by atoms with Crippen LogP contribution in [0.15, 0.2) is 47.3 Å². The first-order valence-corrected chi connectivity index (χ1v) is 9.87. The van der Waals surface area contributed by atoms with Crippen LogP contribution in [-0.4, -0.2) is 57.6 Å². The molecule has 28 heavy (non-hydrogen) atoms. The lowest BCUT2D eigenvalue weighted by Crippen LogP contribution is -2.52. The van der Waals surface area contributed by atoms with Crippen LogP contribution in [-0.2, 0) is 4.79 Å². The molecule has 2 amide bonds. The largest absolute Gasteiger partial charge is 0.339 e. The van der Waals surface area contributed by atoms with Crippen molar-refractivity contribution in [3.8, 4) is 5.69 Å². The number of hydrogen-bond acceptors (Lipinski definition) is 4. The van der Waals surface area contributed by atoms with Gasteiger partial charge >= 0.3 is 0 Å². The molecule has 1 aromatic carbocycles. The number of hydrogen-bond donors (Lipinski definition) is 0. The van der Waals surface area contributed by atoms with Gasteiger partial charge in [-0.1, -0.05) is 31.0 Å². The van der Waals surface area contributed by atoms with Crippen molar-refractivity contribution in [1.82, 2.24) is 19.6 Å². The maximum Gasteiger partial charge on any atom is 0.274 e. The van der Waals surface area contributed by atoms with Crippen molar-refractivity contribution in [3.05, 3.63) is 58.5 Å². The lowest BCUT2D eigenvalue weighted by atomic mass is 10.1. The first-order valence-electron chi connectivity index (χ1n) is 9.87. The number of carbonyl (C=O) groups excluding carboxylic acids is 2. The molecule has 2 fully saturated rings. The summed E-state index contributed by atoms with van der Waals surface area (Å²) in [6.07, 6.45) is 4.25. The van der Waals surface area contributed by atoms with Crippen LogP contribution in [0, 0.1) is 5.92 Å². The smallest absolute Gasteiger partial charge is 0.274 e. The highest BCUT2D eigenvalue weighted by molar-refractivity contribution is 5.92. The van der Waals surface area contributed by atoms with Crippen LogP contribution in [0.25, 0.3) is 5.69 Å². The summed E-state index contributed by atoms with van der Waals surface area (Å²) >= 11 is 0. The fourth-order valence-corrected chi connectivity index (χ4v) is 4.00. The van der Waals surface area contributed by atoms with Gasteiger partial charge in [0.2, 0.25) is 5.91 Å². The topological polar surface area (TPSA) is 75.5 Å². The Kier molecular flexibility index (Phi) is 5.23. The van der Waals surface area contributed by atoms with Crippen molar-refractivity contribution in [2.24, 2.45) is 5.92 Å². The van der Waals surface area contributed by atoms with Crippen LogP contribution in [0.3, 0.4) is 0 Å². The second-order valence-electron chi connectivity index (χ2n) is 7.40. The third-order valence-electron chi connectivity index (χ3n) is 5.60. The minimum absolute atomic E-state index is 0.165. The van der Waals surface area contributed by atoms with E-state index in [0.29, 0.717) is 31.9 Å². The minimum Gasteiger partial charge on any atom is -0.339 e. The molecule has 1 saturated heterocycles. The highest BCUT2D eigenvalue weighted by Gasteiger charge is 2.31. The van der Waals surface area contributed by atoms with Gasteiger partial charge in [0.25, 0.3) is 11.5 Å². The van der Waals surface area contributed by atoms with Gasteiger partial charge in [-0.25, -0.2) is 0 Å². The monoisotopic (exact) mass is 380 g/mol. The molecule has 1 aromatic heterocycles. The van der Waals surface area contributed by atoms with Crippen LogP contribution in [0.5, 0.6) is 0 Å². The first-order chi connectivity index (χ1) is 13.6. The molecule has 0 radical (unpaired) electrons. The maximum atomic E-state index is 12.9. The molecule has 1 aliphatic heterocycles. The summed E-state index contributed by atoms with van der Waals surface area (Å²) in [5.74, 6) is 0.191. The molecule has 0 bridgehead atoms. The summed E-state index contributed by atoms with van der Waals surface area (Å²) in [5.41, 5.74) is 0.572. The van der Waals surface area contributed by atoms with Crippen molar-refractivity contribution in [1.29, 1.82) is 0 Å². The molecule has 0 atom stereocenters. The number of carbonyl (C=O) groups is 2. The molecule has 7 nitrogen and oxygen atoms in total. The zero-order valence-electron chi connectivity index (χ0n) is 15.8. The SMILES string of the molecule is O=C(c1ccc(=O)n(-c2ccccc2)n1)N1CCN(C(=O)C2CCCC2)CC1. The zero-order chi connectivity index (χ0) is 19.5. The Labute approximate surface area is 163 Å². The lowest BCUT2D eigenvalue weighted by Gasteiger charge is -2.35. The molecule has 0 unspecified atom stereocenters. The number of piperazine rings is 1. The fraction of sp³-hybridized carbons (Fsp3) is 0.429. The number of aromatic nitrogens is 2. The molecule has 146 valence electrons. The van der Waals surface area contributed by atoms with Gasteiger partial charge in [0.15, 0.2) is 0 Å². The van der Waals surface area contributed by atoms with E-state index in [1.807, 2.05) is 23.1 Å². The Balaban J connectivity index is 1.44.